The normalized spacial score (nSPS) is 11.3. The Morgan fingerprint density at radius 2 is 2.17 bits per heavy atom. The van der Waals surface area contributed by atoms with Crippen molar-refractivity contribution in [3.63, 3.8) is 0 Å². The van der Waals surface area contributed by atoms with Crippen LogP contribution in [0.1, 0.15) is 6.92 Å². The van der Waals surface area contributed by atoms with Crippen LogP contribution in [0.3, 0.4) is 0 Å². The smallest absolute Gasteiger partial charge is 0.160 e. The van der Waals surface area contributed by atoms with Crippen molar-refractivity contribution in [2.75, 3.05) is 7.05 Å². The van der Waals surface area contributed by atoms with Crippen LogP contribution in [-0.2, 0) is 0 Å². The van der Waals surface area contributed by atoms with E-state index in [1.165, 1.54) is 0 Å². The van der Waals surface area contributed by atoms with E-state index < -0.39 is 0 Å². The Bertz CT molecular complexity index is 72.0. The molecule has 0 fully saturated rings. The molecule has 0 radical (unpaired) electrons. The average Bonchev–Trinajstić information content (AvgIpc) is 1.65. The SMILES string of the molecule is C=C[N+](C)=CC. The van der Waals surface area contributed by atoms with Crippen LogP contribution < -0.4 is 0 Å². The summed E-state index contributed by atoms with van der Waals surface area (Å²) in [5.74, 6) is 0. The predicted octanol–water partition coefficient (Wildman–Crippen LogP) is 0.863. The Hall–Kier alpha value is -0.590. The van der Waals surface area contributed by atoms with E-state index in [-0.39, 0.29) is 0 Å². The lowest BCUT2D eigenvalue weighted by Crippen LogP contribution is -1.91. The van der Waals surface area contributed by atoms with E-state index in [1.54, 1.807) is 6.20 Å². The third-order valence-corrected chi connectivity index (χ3v) is 0.695. The minimum atomic E-state index is 1.75. The summed E-state index contributed by atoms with van der Waals surface area (Å²) in [6, 6.07) is 0. The maximum Gasteiger partial charge on any atom is 0.160 e. The molecule has 0 bridgehead atoms. The van der Waals surface area contributed by atoms with Crippen LogP contribution in [0.4, 0.5) is 0 Å². The van der Waals surface area contributed by atoms with Gasteiger partial charge in [-0.2, -0.15) is 0 Å². The van der Waals surface area contributed by atoms with Gasteiger partial charge in [-0.15, -0.1) is 0 Å². The Morgan fingerprint density at radius 1 is 1.67 bits per heavy atom. The zero-order valence-electron chi connectivity index (χ0n) is 4.31. The van der Waals surface area contributed by atoms with Crippen molar-refractivity contribution >= 4 is 6.21 Å². The van der Waals surface area contributed by atoms with Crippen LogP contribution in [0.5, 0.6) is 0 Å². The Labute approximate surface area is 38.6 Å². The minimum Gasteiger partial charge on any atom is -0.212 e. The van der Waals surface area contributed by atoms with Crippen molar-refractivity contribution in [1.82, 2.24) is 0 Å². The Balaban J connectivity index is 3.50. The van der Waals surface area contributed by atoms with E-state index in [2.05, 4.69) is 6.58 Å². The molecule has 0 aliphatic rings. The van der Waals surface area contributed by atoms with Gasteiger partial charge in [0.05, 0.1) is 0 Å². The third-order valence-electron chi connectivity index (χ3n) is 0.695. The first-order valence-corrected chi connectivity index (χ1v) is 1.95. The van der Waals surface area contributed by atoms with Crippen LogP contribution in [0.15, 0.2) is 12.8 Å². The predicted molar refractivity (Wildman–Crippen MR) is 28.1 cm³/mol. The molecule has 0 unspecified atom stereocenters. The van der Waals surface area contributed by atoms with Crippen molar-refractivity contribution in [3.8, 4) is 0 Å². The zero-order chi connectivity index (χ0) is 4.99. The number of rotatable bonds is 1. The highest BCUT2D eigenvalue weighted by molar-refractivity contribution is 5.46. The molecule has 1 nitrogen and oxygen atoms in total. The molecule has 1 heteroatoms. The highest BCUT2D eigenvalue weighted by atomic mass is 14.9. The van der Waals surface area contributed by atoms with Gasteiger partial charge in [-0.05, 0) is 6.58 Å². The van der Waals surface area contributed by atoms with Gasteiger partial charge in [0.25, 0.3) is 0 Å². The lowest BCUT2D eigenvalue weighted by Gasteiger charge is -1.74. The quantitative estimate of drug-likeness (QED) is 0.327. The lowest BCUT2D eigenvalue weighted by atomic mass is 10.8. The number of hydrogen-bond donors (Lipinski definition) is 0. The molecule has 0 atom stereocenters. The molecule has 6 heavy (non-hydrogen) atoms. The summed E-state index contributed by atoms with van der Waals surface area (Å²) in [6.07, 6.45) is 3.69. The van der Waals surface area contributed by atoms with E-state index in [1.807, 2.05) is 24.8 Å². The summed E-state index contributed by atoms with van der Waals surface area (Å²) >= 11 is 0. The molecule has 0 aliphatic heterocycles. The second-order valence-electron chi connectivity index (χ2n) is 1.11. The monoisotopic (exact) mass is 84.1 g/mol. The van der Waals surface area contributed by atoms with E-state index in [9.17, 15) is 0 Å². The average molecular weight is 84.1 g/mol. The van der Waals surface area contributed by atoms with Gasteiger partial charge in [0.15, 0.2) is 6.20 Å². The molecule has 0 aromatic heterocycles. The van der Waals surface area contributed by atoms with E-state index in [0.29, 0.717) is 0 Å². The molecule has 0 aromatic carbocycles. The Morgan fingerprint density at radius 3 is 2.17 bits per heavy atom. The topological polar surface area (TPSA) is 3.01 Å². The van der Waals surface area contributed by atoms with Gasteiger partial charge in [-0.25, -0.2) is 4.58 Å². The van der Waals surface area contributed by atoms with Gasteiger partial charge in [0, 0.05) is 6.92 Å². The summed E-state index contributed by atoms with van der Waals surface area (Å²) in [4.78, 5) is 0. The van der Waals surface area contributed by atoms with Crippen LogP contribution in [0.25, 0.3) is 0 Å². The third kappa shape index (κ3) is 1.70. The molecule has 0 saturated carbocycles. The summed E-state index contributed by atoms with van der Waals surface area (Å²) in [6.45, 7) is 5.49. The molecule has 0 amide bonds. The maximum absolute atomic E-state index is 3.53. The van der Waals surface area contributed by atoms with Crippen LogP contribution in [0.2, 0.25) is 0 Å². The lowest BCUT2D eigenvalue weighted by molar-refractivity contribution is -0.416. The summed E-state index contributed by atoms with van der Waals surface area (Å²) < 4.78 is 1.89. The molecule has 0 aromatic rings. The van der Waals surface area contributed by atoms with E-state index in [0.717, 1.165) is 0 Å². The van der Waals surface area contributed by atoms with E-state index >= 15 is 0 Å². The molecular formula is C5H10N+. The fourth-order valence-corrected chi connectivity index (χ4v) is 0.105. The second-order valence-corrected chi connectivity index (χ2v) is 1.11. The molecule has 0 saturated heterocycles. The molecule has 0 heterocycles. The van der Waals surface area contributed by atoms with Crippen LogP contribution in [0, 0.1) is 0 Å². The molecule has 0 N–H and O–H groups in total. The largest absolute Gasteiger partial charge is 0.212 e. The van der Waals surface area contributed by atoms with Crippen molar-refractivity contribution < 1.29 is 4.58 Å². The molecular weight excluding hydrogens is 74.1 g/mol. The fraction of sp³-hybridized carbons (Fsp3) is 0.400. The van der Waals surface area contributed by atoms with Gasteiger partial charge >= 0.3 is 0 Å². The highest BCUT2D eigenvalue weighted by Crippen LogP contribution is 1.58. The van der Waals surface area contributed by atoms with Gasteiger partial charge in [0.2, 0.25) is 0 Å². The number of hydrogen-bond acceptors (Lipinski definition) is 0. The van der Waals surface area contributed by atoms with Gasteiger partial charge < -0.3 is 0 Å². The van der Waals surface area contributed by atoms with Crippen molar-refractivity contribution in [2.45, 2.75) is 6.92 Å². The summed E-state index contributed by atoms with van der Waals surface area (Å²) in [5.41, 5.74) is 0. The minimum absolute atomic E-state index is 1.75. The van der Waals surface area contributed by atoms with Gasteiger partial charge in [-0.1, -0.05) is 0 Å². The summed E-state index contributed by atoms with van der Waals surface area (Å²) in [7, 11) is 1.94. The maximum atomic E-state index is 3.53. The first-order chi connectivity index (χ1) is 2.81. The highest BCUT2D eigenvalue weighted by Gasteiger charge is 1.72. The van der Waals surface area contributed by atoms with Crippen LogP contribution in [-0.4, -0.2) is 17.8 Å². The Kier molecular flexibility index (Phi) is 2.38. The molecule has 0 spiro atoms. The first-order valence-electron chi connectivity index (χ1n) is 1.95. The molecule has 0 rings (SSSR count). The zero-order valence-corrected chi connectivity index (χ0v) is 4.31. The second kappa shape index (κ2) is 2.64. The van der Waals surface area contributed by atoms with Crippen LogP contribution >= 0.6 is 0 Å². The van der Waals surface area contributed by atoms with Gasteiger partial charge in [-0.3, -0.25) is 0 Å². The molecule has 34 valence electrons. The van der Waals surface area contributed by atoms with E-state index in [4.69, 9.17) is 0 Å². The fourth-order valence-electron chi connectivity index (χ4n) is 0.105. The molecule has 0 aliphatic carbocycles. The standard InChI is InChI=1S/C5H10N/c1-4-6(3)5-2/h4-5H,1H2,2-3H3/q+1. The van der Waals surface area contributed by atoms with Crippen molar-refractivity contribution in [1.29, 1.82) is 0 Å². The van der Waals surface area contributed by atoms with Gasteiger partial charge in [0.1, 0.15) is 13.3 Å². The first kappa shape index (κ1) is 5.41. The number of nitrogens with zero attached hydrogens (tertiary/aromatic N) is 1. The van der Waals surface area contributed by atoms with Crippen molar-refractivity contribution in [2.24, 2.45) is 0 Å². The summed E-state index contributed by atoms with van der Waals surface area (Å²) in [5, 5.41) is 0. The van der Waals surface area contributed by atoms with Crippen molar-refractivity contribution in [3.05, 3.63) is 12.8 Å².